The second kappa shape index (κ2) is 3.86. The van der Waals surface area contributed by atoms with E-state index in [1.54, 1.807) is 5.32 Å². The number of carbonyl (C=O) groups is 2. The predicted molar refractivity (Wildman–Crippen MR) is 31.1 cm³/mol. The van der Waals surface area contributed by atoms with Gasteiger partial charge >= 0.3 is 6.03 Å². The van der Waals surface area contributed by atoms with Crippen molar-refractivity contribution in [1.29, 1.82) is 0 Å². The molecule has 7 heteroatoms. The number of rotatable bonds is 1. The number of nitrogens with one attached hydrogen (secondary N) is 1. The highest BCUT2D eigenvalue weighted by molar-refractivity contribution is 5.92. The van der Waals surface area contributed by atoms with Crippen molar-refractivity contribution in [2.45, 2.75) is 13.3 Å². The third kappa shape index (κ3) is 3.50. The van der Waals surface area contributed by atoms with Crippen molar-refractivity contribution >= 4 is 11.9 Å². The van der Waals surface area contributed by atoms with Gasteiger partial charge in [0.2, 0.25) is 5.91 Å². The lowest BCUT2D eigenvalue weighted by Crippen LogP contribution is -2.45. The van der Waals surface area contributed by atoms with E-state index in [0.717, 1.165) is 6.92 Å². The van der Waals surface area contributed by atoms with Gasteiger partial charge in [-0.15, -0.1) is 0 Å². The summed E-state index contributed by atoms with van der Waals surface area (Å²) in [5, 5.41) is 25.9. The molecule has 0 saturated carbocycles. The summed E-state index contributed by atoms with van der Waals surface area (Å²) in [7, 11) is 0. The van der Waals surface area contributed by atoms with Crippen LogP contribution in [0.15, 0.2) is 0 Å². The Hall–Kier alpha value is -1.18. The number of aliphatic hydroxyl groups is 2. The first-order valence-electron chi connectivity index (χ1n) is 2.61. The van der Waals surface area contributed by atoms with E-state index in [-0.39, 0.29) is 0 Å². The van der Waals surface area contributed by atoms with Crippen LogP contribution in [-0.2, 0) is 4.79 Å². The van der Waals surface area contributed by atoms with E-state index in [0.29, 0.717) is 0 Å². The topological polar surface area (TPSA) is 110 Å². The Bertz CT molecular complexity index is 168. The van der Waals surface area contributed by atoms with Crippen molar-refractivity contribution in [2.24, 2.45) is 0 Å². The van der Waals surface area contributed by atoms with Crippen LogP contribution in [0.25, 0.3) is 0 Å². The Labute approximate surface area is 61.8 Å². The van der Waals surface area contributed by atoms with Crippen LogP contribution in [0.2, 0.25) is 0 Å². The number of aliphatic hydroxyl groups excluding tert-OH is 1. The van der Waals surface area contributed by atoms with Crippen molar-refractivity contribution < 1.29 is 25.0 Å². The molecule has 4 N–H and O–H groups in total. The Morgan fingerprint density at radius 2 is 1.91 bits per heavy atom. The number of hydrogen-bond donors (Lipinski definition) is 4. The lowest BCUT2D eigenvalue weighted by Gasteiger charge is -2.15. The maximum absolute atomic E-state index is 10.4. The number of hydroxylamine groups is 2. The largest absolute Gasteiger partial charge is 0.352 e. The van der Waals surface area contributed by atoms with E-state index < -0.39 is 23.4 Å². The number of nitrogens with zero attached hydrogens (tertiary/aromatic N) is 1. The van der Waals surface area contributed by atoms with Gasteiger partial charge in [0, 0.05) is 6.92 Å². The molecule has 0 radical (unpaired) electrons. The summed E-state index contributed by atoms with van der Waals surface area (Å²) >= 11 is 0. The first kappa shape index (κ1) is 9.82. The average Bonchev–Trinajstić information content (AvgIpc) is 1.84. The average molecular weight is 164 g/mol. The minimum Gasteiger partial charge on any atom is -0.350 e. The van der Waals surface area contributed by atoms with Crippen molar-refractivity contribution in [3.05, 3.63) is 0 Å². The molecule has 0 atom stereocenters. The summed E-state index contributed by atoms with van der Waals surface area (Å²) in [6.45, 7) is 1.04. The molecule has 3 amide bonds. The van der Waals surface area contributed by atoms with E-state index in [1.165, 1.54) is 0 Å². The van der Waals surface area contributed by atoms with Gasteiger partial charge in [0.05, 0.1) is 0 Å². The Kier molecular flexibility index (Phi) is 3.45. The second-order valence-electron chi connectivity index (χ2n) is 1.68. The Morgan fingerprint density at radius 1 is 1.45 bits per heavy atom. The maximum Gasteiger partial charge on any atom is 0.352 e. The molecule has 0 bridgehead atoms. The molecule has 11 heavy (non-hydrogen) atoms. The maximum atomic E-state index is 10.4. The van der Waals surface area contributed by atoms with Crippen LogP contribution >= 0.6 is 0 Å². The SMILES string of the molecule is CC(=O)NC(=O)N(O)C(O)O. The molecule has 0 aliphatic carbocycles. The van der Waals surface area contributed by atoms with Crippen LogP contribution in [0.4, 0.5) is 4.79 Å². The van der Waals surface area contributed by atoms with Gasteiger partial charge in [0.1, 0.15) is 0 Å². The van der Waals surface area contributed by atoms with E-state index in [9.17, 15) is 9.59 Å². The molecule has 0 aliphatic heterocycles. The predicted octanol–water partition coefficient (Wildman–Crippen LogP) is -1.80. The zero-order valence-electron chi connectivity index (χ0n) is 5.68. The molecule has 0 heterocycles. The van der Waals surface area contributed by atoms with Crippen LogP contribution in [0.1, 0.15) is 6.92 Å². The minimum atomic E-state index is -2.34. The number of imide groups is 1. The third-order valence-electron chi connectivity index (χ3n) is 0.710. The highest BCUT2D eigenvalue weighted by Gasteiger charge is 2.17. The molecule has 0 aliphatic rings. The standard InChI is InChI=1S/C4H8N2O5/c1-2(7)5-3(8)6(11)4(9)10/h4,9-11H,1H3,(H,5,7,8). The zero-order valence-corrected chi connectivity index (χ0v) is 5.68. The minimum absolute atomic E-state index is 0.429. The van der Waals surface area contributed by atoms with Crippen molar-refractivity contribution in [1.82, 2.24) is 10.4 Å². The fourth-order valence-electron chi connectivity index (χ4n) is 0.313. The number of urea groups is 1. The number of carbonyl (C=O) groups excluding carboxylic acids is 2. The molecule has 0 aromatic rings. The quantitative estimate of drug-likeness (QED) is 0.208. The number of hydrogen-bond acceptors (Lipinski definition) is 5. The van der Waals surface area contributed by atoms with Crippen LogP contribution in [0.3, 0.4) is 0 Å². The Balaban J connectivity index is 3.93. The van der Waals surface area contributed by atoms with Gasteiger partial charge in [-0.3, -0.25) is 15.3 Å². The molecule has 0 unspecified atom stereocenters. The molecule has 0 spiro atoms. The van der Waals surface area contributed by atoms with Crippen molar-refractivity contribution in [3.8, 4) is 0 Å². The lowest BCUT2D eigenvalue weighted by atomic mass is 10.7. The van der Waals surface area contributed by atoms with E-state index in [1.807, 2.05) is 0 Å². The van der Waals surface area contributed by atoms with Gasteiger partial charge in [-0.05, 0) is 0 Å². The van der Waals surface area contributed by atoms with Gasteiger partial charge < -0.3 is 10.2 Å². The van der Waals surface area contributed by atoms with Crippen molar-refractivity contribution in [2.75, 3.05) is 0 Å². The first-order valence-corrected chi connectivity index (χ1v) is 2.61. The van der Waals surface area contributed by atoms with Crippen molar-refractivity contribution in [3.63, 3.8) is 0 Å². The summed E-state index contributed by atoms with van der Waals surface area (Å²) in [6.07, 6.45) is -2.34. The Morgan fingerprint density at radius 3 is 2.18 bits per heavy atom. The van der Waals surface area contributed by atoms with Crippen LogP contribution < -0.4 is 5.32 Å². The molecule has 0 saturated heterocycles. The monoisotopic (exact) mass is 164 g/mol. The summed E-state index contributed by atoms with van der Waals surface area (Å²) in [4.78, 5) is 20.6. The lowest BCUT2D eigenvalue weighted by molar-refractivity contribution is -0.246. The second-order valence-corrected chi connectivity index (χ2v) is 1.68. The smallest absolute Gasteiger partial charge is 0.350 e. The summed E-state index contributed by atoms with van der Waals surface area (Å²) in [5.41, 5.74) is 0. The first-order chi connectivity index (χ1) is 4.95. The highest BCUT2D eigenvalue weighted by Crippen LogP contribution is 1.86. The van der Waals surface area contributed by atoms with Gasteiger partial charge in [-0.25, -0.2) is 4.79 Å². The summed E-state index contributed by atoms with van der Waals surface area (Å²) in [6, 6.07) is -1.30. The number of amides is 3. The van der Waals surface area contributed by atoms with E-state index >= 15 is 0 Å². The molecule has 0 aromatic carbocycles. The molecular formula is C4H8N2O5. The van der Waals surface area contributed by atoms with E-state index in [2.05, 4.69) is 0 Å². The fourth-order valence-corrected chi connectivity index (χ4v) is 0.313. The van der Waals surface area contributed by atoms with Gasteiger partial charge in [0.15, 0.2) is 0 Å². The zero-order chi connectivity index (χ0) is 9.02. The normalized spacial score (nSPS) is 9.55. The molecule has 0 aromatic heterocycles. The fraction of sp³-hybridized carbons (Fsp3) is 0.500. The van der Waals surface area contributed by atoms with Gasteiger partial charge in [0.25, 0.3) is 6.41 Å². The van der Waals surface area contributed by atoms with Gasteiger partial charge in [-0.2, -0.15) is 5.06 Å². The molecule has 0 fully saturated rings. The van der Waals surface area contributed by atoms with Gasteiger partial charge in [-0.1, -0.05) is 0 Å². The summed E-state index contributed by atoms with van der Waals surface area (Å²) in [5.74, 6) is -0.713. The van der Waals surface area contributed by atoms with Crippen LogP contribution in [-0.4, -0.2) is 38.8 Å². The highest BCUT2D eigenvalue weighted by atomic mass is 16.6. The third-order valence-corrected chi connectivity index (χ3v) is 0.710. The molecular weight excluding hydrogens is 156 g/mol. The molecule has 7 nitrogen and oxygen atoms in total. The summed E-state index contributed by atoms with van der Waals surface area (Å²) < 4.78 is 0. The molecule has 64 valence electrons. The van der Waals surface area contributed by atoms with Crippen LogP contribution in [0, 0.1) is 0 Å². The van der Waals surface area contributed by atoms with Crippen LogP contribution in [0.5, 0.6) is 0 Å². The molecule has 0 rings (SSSR count). The van der Waals surface area contributed by atoms with E-state index in [4.69, 9.17) is 15.4 Å².